The summed E-state index contributed by atoms with van der Waals surface area (Å²) in [5.74, 6) is -1.44. The molecule has 1 saturated heterocycles. The SMILES string of the molecule is CN(CC(=O)O)C(=O)C1CCN(C(=O)OC(C)(C)C)CC1. The molecule has 1 heterocycles. The van der Waals surface area contributed by atoms with Crippen molar-refractivity contribution in [1.82, 2.24) is 9.80 Å². The zero-order valence-electron chi connectivity index (χ0n) is 13.1. The fraction of sp³-hybridized carbons (Fsp3) is 0.786. The van der Waals surface area contributed by atoms with Crippen molar-refractivity contribution in [2.24, 2.45) is 5.92 Å². The molecule has 0 aromatic heterocycles. The van der Waals surface area contributed by atoms with Gasteiger partial charge in [-0.05, 0) is 33.6 Å². The van der Waals surface area contributed by atoms with E-state index in [0.717, 1.165) is 0 Å². The largest absolute Gasteiger partial charge is 0.480 e. The maximum atomic E-state index is 12.1. The number of ether oxygens (including phenoxy) is 1. The van der Waals surface area contributed by atoms with Crippen molar-refractivity contribution in [3.05, 3.63) is 0 Å². The molecule has 21 heavy (non-hydrogen) atoms. The number of carboxylic acids is 1. The third-order valence-corrected chi connectivity index (χ3v) is 3.24. The Morgan fingerprint density at radius 2 is 1.76 bits per heavy atom. The number of aliphatic carboxylic acids is 1. The summed E-state index contributed by atoms with van der Waals surface area (Å²) in [6, 6.07) is 0. The highest BCUT2D eigenvalue weighted by molar-refractivity contribution is 5.83. The van der Waals surface area contributed by atoms with Crippen molar-refractivity contribution in [3.63, 3.8) is 0 Å². The van der Waals surface area contributed by atoms with Gasteiger partial charge in [-0.3, -0.25) is 9.59 Å². The Kier molecular flexibility index (Phi) is 5.57. The number of hydrogen-bond donors (Lipinski definition) is 1. The first-order chi connectivity index (χ1) is 9.60. The van der Waals surface area contributed by atoms with Crippen LogP contribution in [-0.4, -0.2) is 65.2 Å². The van der Waals surface area contributed by atoms with Gasteiger partial charge in [0.05, 0.1) is 0 Å². The van der Waals surface area contributed by atoms with E-state index < -0.39 is 11.6 Å². The molecule has 1 N–H and O–H groups in total. The third-order valence-electron chi connectivity index (χ3n) is 3.24. The van der Waals surface area contributed by atoms with Crippen LogP contribution in [-0.2, 0) is 14.3 Å². The summed E-state index contributed by atoms with van der Waals surface area (Å²) in [4.78, 5) is 37.4. The number of carboxylic acid groups (broad SMARTS) is 1. The van der Waals surface area contributed by atoms with E-state index in [-0.39, 0.29) is 24.5 Å². The Hall–Kier alpha value is -1.79. The predicted octanol–water partition coefficient (Wildman–Crippen LogP) is 1.18. The molecule has 120 valence electrons. The molecule has 1 aliphatic heterocycles. The Bertz CT molecular complexity index is 408. The molecular weight excluding hydrogens is 276 g/mol. The van der Waals surface area contributed by atoms with E-state index in [1.807, 2.05) is 20.8 Å². The molecule has 0 aromatic rings. The van der Waals surface area contributed by atoms with Gasteiger partial charge >= 0.3 is 12.1 Å². The highest BCUT2D eigenvalue weighted by Gasteiger charge is 2.31. The quantitative estimate of drug-likeness (QED) is 0.845. The maximum Gasteiger partial charge on any atom is 0.410 e. The van der Waals surface area contributed by atoms with Crippen LogP contribution in [0.5, 0.6) is 0 Å². The molecule has 0 radical (unpaired) electrons. The molecule has 0 unspecified atom stereocenters. The minimum absolute atomic E-state index is 0.179. The van der Waals surface area contributed by atoms with Crippen molar-refractivity contribution in [1.29, 1.82) is 0 Å². The van der Waals surface area contributed by atoms with E-state index in [9.17, 15) is 14.4 Å². The zero-order valence-corrected chi connectivity index (χ0v) is 13.1. The van der Waals surface area contributed by atoms with E-state index in [2.05, 4.69) is 0 Å². The molecule has 0 saturated carbocycles. The Morgan fingerprint density at radius 1 is 1.24 bits per heavy atom. The van der Waals surface area contributed by atoms with Crippen LogP contribution < -0.4 is 0 Å². The van der Waals surface area contributed by atoms with Crippen molar-refractivity contribution >= 4 is 18.0 Å². The fourth-order valence-electron chi connectivity index (χ4n) is 2.23. The first-order valence-electron chi connectivity index (χ1n) is 7.05. The maximum absolute atomic E-state index is 12.1. The van der Waals surface area contributed by atoms with E-state index in [1.165, 1.54) is 11.9 Å². The summed E-state index contributed by atoms with van der Waals surface area (Å²) in [7, 11) is 1.48. The van der Waals surface area contributed by atoms with Crippen LogP contribution in [0.3, 0.4) is 0 Å². The van der Waals surface area contributed by atoms with Gasteiger partial charge in [0, 0.05) is 26.1 Å². The van der Waals surface area contributed by atoms with Gasteiger partial charge in [-0.1, -0.05) is 0 Å². The summed E-state index contributed by atoms with van der Waals surface area (Å²) in [6.07, 6.45) is 0.691. The lowest BCUT2D eigenvalue weighted by molar-refractivity contribution is -0.145. The van der Waals surface area contributed by atoms with Crippen molar-refractivity contribution in [2.45, 2.75) is 39.2 Å². The van der Waals surface area contributed by atoms with Crippen molar-refractivity contribution < 1.29 is 24.2 Å². The van der Waals surface area contributed by atoms with Crippen LogP contribution in [0.15, 0.2) is 0 Å². The number of piperidine rings is 1. The number of amides is 2. The zero-order chi connectivity index (χ0) is 16.2. The van der Waals surface area contributed by atoms with Crippen LogP contribution in [0.1, 0.15) is 33.6 Å². The smallest absolute Gasteiger partial charge is 0.410 e. The predicted molar refractivity (Wildman–Crippen MR) is 75.8 cm³/mol. The monoisotopic (exact) mass is 300 g/mol. The number of carbonyl (C=O) groups is 3. The van der Waals surface area contributed by atoms with Crippen LogP contribution in [0.25, 0.3) is 0 Å². The van der Waals surface area contributed by atoms with Gasteiger partial charge in [-0.25, -0.2) is 4.79 Å². The molecule has 7 heteroatoms. The summed E-state index contributed by atoms with van der Waals surface area (Å²) in [6.45, 7) is 6.02. The molecule has 7 nitrogen and oxygen atoms in total. The molecule has 0 bridgehead atoms. The lowest BCUT2D eigenvalue weighted by Gasteiger charge is -2.34. The summed E-state index contributed by atoms with van der Waals surface area (Å²) < 4.78 is 5.29. The molecule has 0 aliphatic carbocycles. The second-order valence-corrected chi connectivity index (χ2v) is 6.33. The fourth-order valence-corrected chi connectivity index (χ4v) is 2.23. The molecule has 1 aliphatic rings. The molecular formula is C14H24N2O5. The average Bonchev–Trinajstić information content (AvgIpc) is 2.35. The van der Waals surface area contributed by atoms with E-state index in [1.54, 1.807) is 4.90 Å². The molecule has 0 aromatic carbocycles. The van der Waals surface area contributed by atoms with E-state index >= 15 is 0 Å². The molecule has 0 atom stereocenters. The van der Waals surface area contributed by atoms with Crippen LogP contribution in [0.4, 0.5) is 4.79 Å². The normalized spacial score (nSPS) is 16.5. The van der Waals surface area contributed by atoms with Gasteiger partial charge < -0.3 is 19.6 Å². The number of likely N-dealkylation sites (N-methyl/N-ethyl adjacent to an activating group) is 1. The summed E-state index contributed by atoms with van der Waals surface area (Å²) in [5, 5.41) is 8.69. The lowest BCUT2D eigenvalue weighted by Crippen LogP contribution is -2.45. The van der Waals surface area contributed by atoms with E-state index in [0.29, 0.717) is 25.9 Å². The Labute approximate surface area is 124 Å². The van der Waals surface area contributed by atoms with Crippen LogP contribution >= 0.6 is 0 Å². The number of likely N-dealkylation sites (tertiary alicyclic amines) is 1. The molecule has 1 fully saturated rings. The standard InChI is InChI=1S/C14H24N2O5/c1-14(2,3)21-13(20)16-7-5-10(6-8-16)12(19)15(4)9-11(17)18/h10H,5-9H2,1-4H3,(H,17,18). The van der Waals surface area contributed by atoms with Gasteiger partial charge in [0.1, 0.15) is 12.1 Å². The van der Waals surface area contributed by atoms with Gasteiger partial charge in [0.15, 0.2) is 0 Å². The average molecular weight is 300 g/mol. The van der Waals surface area contributed by atoms with Crippen LogP contribution in [0, 0.1) is 5.92 Å². The topological polar surface area (TPSA) is 87.2 Å². The second kappa shape index (κ2) is 6.78. The third kappa shape index (κ3) is 5.61. The first-order valence-corrected chi connectivity index (χ1v) is 7.05. The number of hydrogen-bond acceptors (Lipinski definition) is 4. The van der Waals surface area contributed by atoms with Gasteiger partial charge in [-0.15, -0.1) is 0 Å². The van der Waals surface area contributed by atoms with Gasteiger partial charge in [0.25, 0.3) is 0 Å². The Balaban J connectivity index is 2.46. The molecule has 2 amide bonds. The Morgan fingerprint density at radius 3 is 2.19 bits per heavy atom. The summed E-state index contributed by atoms with van der Waals surface area (Å²) >= 11 is 0. The lowest BCUT2D eigenvalue weighted by atomic mass is 9.95. The molecule has 0 spiro atoms. The number of rotatable bonds is 3. The molecule has 1 rings (SSSR count). The minimum Gasteiger partial charge on any atom is -0.480 e. The van der Waals surface area contributed by atoms with Gasteiger partial charge in [-0.2, -0.15) is 0 Å². The van der Waals surface area contributed by atoms with Crippen LogP contribution in [0.2, 0.25) is 0 Å². The number of carbonyl (C=O) groups excluding carboxylic acids is 2. The number of nitrogens with zero attached hydrogens (tertiary/aromatic N) is 2. The second-order valence-electron chi connectivity index (χ2n) is 6.33. The first kappa shape index (κ1) is 17.3. The highest BCUT2D eigenvalue weighted by Crippen LogP contribution is 2.21. The van der Waals surface area contributed by atoms with Gasteiger partial charge in [0.2, 0.25) is 5.91 Å². The van der Waals surface area contributed by atoms with Crippen molar-refractivity contribution in [3.8, 4) is 0 Å². The minimum atomic E-state index is -1.03. The van der Waals surface area contributed by atoms with Crippen molar-refractivity contribution in [2.75, 3.05) is 26.7 Å². The highest BCUT2D eigenvalue weighted by atomic mass is 16.6. The summed E-state index contributed by atoms with van der Waals surface area (Å²) in [5.41, 5.74) is -0.536. The van der Waals surface area contributed by atoms with E-state index in [4.69, 9.17) is 9.84 Å².